The van der Waals surface area contributed by atoms with Crippen LogP contribution in [0, 0.1) is 0 Å². The number of rotatable bonds is 9. The maximum absolute atomic E-state index is 12.3. The molecule has 30 heavy (non-hydrogen) atoms. The molecule has 2 aromatic carbocycles. The molecule has 1 amide bonds. The number of nitrogens with zero attached hydrogens (tertiary/aromatic N) is 2. The second kappa shape index (κ2) is 10.2. The van der Waals surface area contributed by atoms with Crippen molar-refractivity contribution in [3.8, 4) is 22.8 Å². The maximum atomic E-state index is 12.3. The van der Waals surface area contributed by atoms with Gasteiger partial charge in [0, 0.05) is 18.2 Å². The molecule has 7 nitrogen and oxygen atoms in total. The van der Waals surface area contributed by atoms with Gasteiger partial charge in [0.25, 0.3) is 5.56 Å². The number of carbonyl (C=O) groups is 1. The SMILES string of the molecule is COc1ccc(OC)c(-c2ccc(=O)n(CC(=O)NCCCc3ccccc3)n2)c1. The number of methoxy groups -OCH3 is 2. The summed E-state index contributed by atoms with van der Waals surface area (Å²) in [6.45, 7) is 0.385. The Morgan fingerprint density at radius 3 is 2.57 bits per heavy atom. The van der Waals surface area contributed by atoms with Crippen LogP contribution in [0.2, 0.25) is 0 Å². The molecule has 0 aliphatic heterocycles. The third kappa shape index (κ3) is 5.47. The largest absolute Gasteiger partial charge is 0.497 e. The Morgan fingerprint density at radius 1 is 1.03 bits per heavy atom. The van der Waals surface area contributed by atoms with Crippen molar-refractivity contribution in [2.75, 3.05) is 20.8 Å². The highest BCUT2D eigenvalue weighted by Gasteiger charge is 2.12. The first kappa shape index (κ1) is 21.1. The summed E-state index contributed by atoms with van der Waals surface area (Å²) in [5.41, 5.74) is 2.07. The zero-order valence-corrected chi connectivity index (χ0v) is 17.1. The average Bonchev–Trinajstić information content (AvgIpc) is 2.78. The average molecular weight is 407 g/mol. The van der Waals surface area contributed by atoms with E-state index in [0.29, 0.717) is 29.3 Å². The van der Waals surface area contributed by atoms with Crippen LogP contribution in [0.15, 0.2) is 65.5 Å². The Balaban J connectivity index is 1.65. The van der Waals surface area contributed by atoms with Crippen LogP contribution in [-0.4, -0.2) is 36.5 Å². The fourth-order valence-corrected chi connectivity index (χ4v) is 3.08. The molecule has 1 N–H and O–H groups in total. The van der Waals surface area contributed by atoms with E-state index in [4.69, 9.17) is 9.47 Å². The molecule has 7 heteroatoms. The van der Waals surface area contributed by atoms with E-state index in [1.165, 1.54) is 11.6 Å². The smallest absolute Gasteiger partial charge is 0.267 e. The summed E-state index contributed by atoms with van der Waals surface area (Å²) in [6, 6.07) is 18.4. The maximum Gasteiger partial charge on any atom is 0.267 e. The van der Waals surface area contributed by atoms with E-state index in [1.807, 2.05) is 18.2 Å². The number of benzene rings is 2. The van der Waals surface area contributed by atoms with Crippen molar-refractivity contribution in [1.82, 2.24) is 15.1 Å². The van der Waals surface area contributed by atoms with Gasteiger partial charge in [-0.2, -0.15) is 5.10 Å². The molecule has 3 aromatic rings. The summed E-state index contributed by atoms with van der Waals surface area (Å²) in [5, 5.41) is 7.20. The topological polar surface area (TPSA) is 82.5 Å². The number of hydrogen-bond donors (Lipinski definition) is 1. The van der Waals surface area contributed by atoms with Gasteiger partial charge in [-0.05, 0) is 42.7 Å². The first-order valence-electron chi connectivity index (χ1n) is 9.72. The van der Waals surface area contributed by atoms with E-state index in [9.17, 15) is 9.59 Å². The van der Waals surface area contributed by atoms with Gasteiger partial charge in [0.1, 0.15) is 18.0 Å². The lowest BCUT2D eigenvalue weighted by molar-refractivity contribution is -0.121. The summed E-state index contributed by atoms with van der Waals surface area (Å²) in [6.07, 6.45) is 1.70. The molecule has 3 rings (SSSR count). The van der Waals surface area contributed by atoms with Gasteiger partial charge in [0.2, 0.25) is 5.91 Å². The highest BCUT2D eigenvalue weighted by Crippen LogP contribution is 2.31. The van der Waals surface area contributed by atoms with Crippen molar-refractivity contribution < 1.29 is 14.3 Å². The Hall–Kier alpha value is -3.61. The predicted molar refractivity (Wildman–Crippen MR) is 115 cm³/mol. The molecule has 1 heterocycles. The van der Waals surface area contributed by atoms with Crippen LogP contribution in [0.25, 0.3) is 11.3 Å². The molecule has 0 saturated carbocycles. The summed E-state index contributed by atoms with van der Waals surface area (Å²) in [5.74, 6) is 0.979. The van der Waals surface area contributed by atoms with E-state index < -0.39 is 0 Å². The Labute approximate surface area is 175 Å². The number of nitrogens with one attached hydrogen (secondary N) is 1. The summed E-state index contributed by atoms with van der Waals surface area (Å²) in [7, 11) is 3.13. The van der Waals surface area contributed by atoms with Crippen molar-refractivity contribution in [1.29, 1.82) is 0 Å². The van der Waals surface area contributed by atoms with Crippen LogP contribution in [0.3, 0.4) is 0 Å². The monoisotopic (exact) mass is 407 g/mol. The van der Waals surface area contributed by atoms with Gasteiger partial charge in [-0.15, -0.1) is 0 Å². The molecular weight excluding hydrogens is 382 g/mol. The molecule has 0 saturated heterocycles. The van der Waals surface area contributed by atoms with Crippen LogP contribution in [0.4, 0.5) is 0 Å². The van der Waals surface area contributed by atoms with Crippen LogP contribution >= 0.6 is 0 Å². The molecule has 0 aliphatic carbocycles. The van der Waals surface area contributed by atoms with Gasteiger partial charge < -0.3 is 14.8 Å². The van der Waals surface area contributed by atoms with Crippen molar-refractivity contribution in [3.63, 3.8) is 0 Å². The first-order valence-corrected chi connectivity index (χ1v) is 9.72. The Kier molecular flexibility index (Phi) is 7.21. The zero-order valence-electron chi connectivity index (χ0n) is 17.1. The third-order valence-corrected chi connectivity index (χ3v) is 4.65. The number of aromatic nitrogens is 2. The minimum atomic E-state index is -0.347. The lowest BCUT2D eigenvalue weighted by atomic mass is 10.1. The number of hydrogen-bond acceptors (Lipinski definition) is 5. The molecule has 0 aliphatic rings. The van der Waals surface area contributed by atoms with Crippen LogP contribution in [-0.2, 0) is 17.8 Å². The minimum Gasteiger partial charge on any atom is -0.497 e. The zero-order chi connectivity index (χ0) is 21.3. The van der Waals surface area contributed by atoms with Crippen molar-refractivity contribution in [3.05, 3.63) is 76.6 Å². The first-order chi connectivity index (χ1) is 14.6. The van der Waals surface area contributed by atoms with Crippen molar-refractivity contribution in [2.45, 2.75) is 19.4 Å². The van der Waals surface area contributed by atoms with Crippen LogP contribution in [0.1, 0.15) is 12.0 Å². The number of amides is 1. The van der Waals surface area contributed by atoms with Crippen molar-refractivity contribution in [2.24, 2.45) is 0 Å². The number of carbonyl (C=O) groups excluding carboxylic acids is 1. The van der Waals surface area contributed by atoms with Gasteiger partial charge in [0.15, 0.2) is 0 Å². The summed E-state index contributed by atoms with van der Waals surface area (Å²) in [4.78, 5) is 24.5. The molecule has 1 aromatic heterocycles. The molecule has 156 valence electrons. The molecular formula is C23H25N3O4. The van der Waals surface area contributed by atoms with Crippen LogP contribution < -0.4 is 20.3 Å². The standard InChI is InChI=1S/C23H25N3O4/c1-29-18-10-12-21(30-2)19(15-18)20-11-13-23(28)26(25-20)16-22(27)24-14-6-9-17-7-4-3-5-8-17/h3-5,7-8,10-13,15H,6,9,14,16H2,1-2H3,(H,24,27). The van der Waals surface area contributed by atoms with E-state index in [-0.39, 0.29) is 18.0 Å². The molecule has 0 atom stereocenters. The number of aryl methyl sites for hydroxylation is 1. The molecule has 0 bridgehead atoms. The Bertz CT molecular complexity index is 1050. The predicted octanol–water partition coefficient (Wildman–Crippen LogP) is 2.68. The Morgan fingerprint density at radius 2 is 1.83 bits per heavy atom. The second-order valence-corrected chi connectivity index (χ2v) is 6.72. The van der Waals surface area contributed by atoms with Gasteiger partial charge in [-0.25, -0.2) is 4.68 Å². The normalized spacial score (nSPS) is 10.5. The molecule has 0 spiro atoms. The fourth-order valence-electron chi connectivity index (χ4n) is 3.08. The van der Waals surface area contributed by atoms with Gasteiger partial charge in [0.05, 0.1) is 19.9 Å². The highest BCUT2D eigenvalue weighted by atomic mass is 16.5. The summed E-state index contributed by atoms with van der Waals surface area (Å²) < 4.78 is 11.8. The molecule has 0 radical (unpaired) electrons. The highest BCUT2D eigenvalue weighted by molar-refractivity contribution is 5.75. The molecule has 0 unspecified atom stereocenters. The second-order valence-electron chi connectivity index (χ2n) is 6.72. The lowest BCUT2D eigenvalue weighted by Crippen LogP contribution is -2.34. The number of ether oxygens (including phenoxy) is 2. The van der Waals surface area contributed by atoms with E-state index >= 15 is 0 Å². The summed E-state index contributed by atoms with van der Waals surface area (Å²) >= 11 is 0. The fraction of sp³-hybridized carbons (Fsp3) is 0.261. The van der Waals surface area contributed by atoms with E-state index in [2.05, 4.69) is 22.5 Å². The van der Waals surface area contributed by atoms with Gasteiger partial charge in [-0.1, -0.05) is 30.3 Å². The van der Waals surface area contributed by atoms with E-state index in [0.717, 1.165) is 17.5 Å². The quantitative estimate of drug-likeness (QED) is 0.552. The lowest BCUT2D eigenvalue weighted by Gasteiger charge is -2.12. The van der Waals surface area contributed by atoms with E-state index in [1.54, 1.807) is 38.5 Å². The van der Waals surface area contributed by atoms with Crippen molar-refractivity contribution >= 4 is 5.91 Å². The van der Waals surface area contributed by atoms with Crippen LogP contribution in [0.5, 0.6) is 11.5 Å². The molecule has 0 fully saturated rings. The third-order valence-electron chi connectivity index (χ3n) is 4.65. The van der Waals surface area contributed by atoms with Gasteiger partial charge >= 0.3 is 0 Å². The minimum absolute atomic E-state index is 0.149. The van der Waals surface area contributed by atoms with Gasteiger partial charge in [-0.3, -0.25) is 9.59 Å².